The van der Waals surface area contributed by atoms with E-state index in [1.54, 1.807) is 11.8 Å². The normalized spacial score (nSPS) is 12.2. The molecule has 0 rings (SSSR count). The molecule has 0 aliphatic rings. The van der Waals surface area contributed by atoms with Crippen LogP contribution in [0.15, 0.2) is 0 Å². The van der Waals surface area contributed by atoms with Crippen LogP contribution < -0.4 is 0 Å². The number of hydrogen-bond donors (Lipinski definition) is 0. The smallest absolute Gasteiger partial charge is 0.148 e. The zero-order valence-electron chi connectivity index (χ0n) is 8.81. The van der Waals surface area contributed by atoms with Crippen LogP contribution in [0.25, 0.3) is 0 Å². The van der Waals surface area contributed by atoms with E-state index in [0.717, 1.165) is 5.75 Å². The molecule has 0 saturated heterocycles. The van der Waals surface area contributed by atoms with E-state index in [2.05, 4.69) is 13.8 Å². The van der Waals surface area contributed by atoms with E-state index in [1.807, 2.05) is 20.8 Å². The SMILES string of the molecule is CC(C)CSCC(=O)C(C)(C)C. The van der Waals surface area contributed by atoms with E-state index < -0.39 is 0 Å². The largest absolute Gasteiger partial charge is 0.298 e. The lowest BCUT2D eigenvalue weighted by molar-refractivity contribution is -0.123. The summed E-state index contributed by atoms with van der Waals surface area (Å²) in [5.41, 5.74) is -0.163. The highest BCUT2D eigenvalue weighted by atomic mass is 32.2. The van der Waals surface area contributed by atoms with E-state index in [0.29, 0.717) is 17.5 Å². The van der Waals surface area contributed by atoms with Crippen molar-refractivity contribution in [3.63, 3.8) is 0 Å². The molecule has 0 radical (unpaired) electrons. The monoisotopic (exact) mass is 188 g/mol. The number of rotatable bonds is 4. The summed E-state index contributed by atoms with van der Waals surface area (Å²) in [5.74, 6) is 2.79. The molecule has 0 bridgehead atoms. The molecule has 0 fully saturated rings. The van der Waals surface area contributed by atoms with Crippen LogP contribution in [0, 0.1) is 11.3 Å². The molecule has 0 spiro atoms. The highest BCUT2D eigenvalue weighted by molar-refractivity contribution is 7.99. The maximum absolute atomic E-state index is 11.4. The third-order valence-corrected chi connectivity index (χ3v) is 2.89. The molecular weight excluding hydrogens is 168 g/mol. The van der Waals surface area contributed by atoms with Crippen molar-refractivity contribution < 1.29 is 4.79 Å². The first-order chi connectivity index (χ1) is 5.34. The van der Waals surface area contributed by atoms with Crippen molar-refractivity contribution in [2.75, 3.05) is 11.5 Å². The first kappa shape index (κ1) is 12.0. The van der Waals surface area contributed by atoms with Crippen LogP contribution in [0.4, 0.5) is 0 Å². The number of ketones is 1. The third kappa shape index (κ3) is 5.64. The molecule has 0 N–H and O–H groups in total. The van der Waals surface area contributed by atoms with Crippen molar-refractivity contribution in [2.24, 2.45) is 11.3 Å². The Morgan fingerprint density at radius 2 is 1.83 bits per heavy atom. The molecule has 0 aromatic heterocycles. The molecule has 0 aromatic rings. The maximum Gasteiger partial charge on any atom is 0.148 e. The molecule has 0 saturated carbocycles. The summed E-state index contributed by atoms with van der Waals surface area (Å²) in [4.78, 5) is 11.4. The summed E-state index contributed by atoms with van der Waals surface area (Å²) < 4.78 is 0. The van der Waals surface area contributed by atoms with Crippen LogP contribution in [0.2, 0.25) is 0 Å². The molecule has 0 aromatic carbocycles. The molecule has 0 heterocycles. The summed E-state index contributed by atoms with van der Waals surface area (Å²) in [7, 11) is 0. The highest BCUT2D eigenvalue weighted by Gasteiger charge is 2.20. The van der Waals surface area contributed by atoms with Gasteiger partial charge >= 0.3 is 0 Å². The van der Waals surface area contributed by atoms with E-state index in [9.17, 15) is 4.79 Å². The van der Waals surface area contributed by atoms with Crippen molar-refractivity contribution in [1.29, 1.82) is 0 Å². The van der Waals surface area contributed by atoms with E-state index in [-0.39, 0.29) is 5.41 Å². The van der Waals surface area contributed by atoms with Gasteiger partial charge in [-0.05, 0) is 11.7 Å². The Balaban J connectivity index is 3.59. The average Bonchev–Trinajstić information content (AvgIpc) is 1.84. The Hall–Kier alpha value is 0.0200. The van der Waals surface area contributed by atoms with Gasteiger partial charge in [-0.15, -0.1) is 0 Å². The van der Waals surface area contributed by atoms with Gasteiger partial charge in [0.05, 0.1) is 5.75 Å². The number of Topliss-reactive ketones (excluding diaryl/α,β-unsaturated/α-hetero) is 1. The Bertz CT molecular complexity index is 144. The highest BCUT2D eigenvalue weighted by Crippen LogP contribution is 2.18. The lowest BCUT2D eigenvalue weighted by atomic mass is 9.92. The van der Waals surface area contributed by atoms with Gasteiger partial charge in [-0.25, -0.2) is 0 Å². The molecule has 12 heavy (non-hydrogen) atoms. The van der Waals surface area contributed by atoms with E-state index >= 15 is 0 Å². The molecule has 0 amide bonds. The lowest BCUT2D eigenvalue weighted by Gasteiger charge is -2.16. The Labute approximate surface area is 80.3 Å². The zero-order valence-corrected chi connectivity index (χ0v) is 9.62. The van der Waals surface area contributed by atoms with Crippen molar-refractivity contribution >= 4 is 17.5 Å². The van der Waals surface area contributed by atoms with Crippen molar-refractivity contribution in [1.82, 2.24) is 0 Å². The summed E-state index contributed by atoms with van der Waals surface area (Å²) in [6.45, 7) is 10.3. The molecule has 2 heteroatoms. The minimum Gasteiger partial charge on any atom is -0.298 e. The van der Waals surface area contributed by atoms with Crippen LogP contribution in [0.1, 0.15) is 34.6 Å². The average molecular weight is 188 g/mol. The fraction of sp³-hybridized carbons (Fsp3) is 0.900. The summed E-state index contributed by atoms with van der Waals surface area (Å²) in [6.07, 6.45) is 0. The van der Waals surface area contributed by atoms with Gasteiger partial charge in [0.2, 0.25) is 0 Å². The van der Waals surface area contributed by atoms with Gasteiger partial charge < -0.3 is 0 Å². The van der Waals surface area contributed by atoms with Gasteiger partial charge in [-0.2, -0.15) is 11.8 Å². The van der Waals surface area contributed by atoms with Gasteiger partial charge in [-0.3, -0.25) is 4.79 Å². The fourth-order valence-electron chi connectivity index (χ4n) is 0.604. The lowest BCUT2D eigenvalue weighted by Crippen LogP contribution is -2.22. The Morgan fingerprint density at radius 1 is 1.33 bits per heavy atom. The van der Waals surface area contributed by atoms with Crippen LogP contribution in [-0.4, -0.2) is 17.3 Å². The second-order valence-corrected chi connectivity index (χ2v) is 5.61. The quantitative estimate of drug-likeness (QED) is 0.674. The maximum atomic E-state index is 11.4. The number of thioether (sulfide) groups is 1. The molecular formula is C10H20OS. The van der Waals surface area contributed by atoms with Crippen LogP contribution in [0.3, 0.4) is 0 Å². The summed E-state index contributed by atoms with van der Waals surface area (Å²) >= 11 is 1.75. The van der Waals surface area contributed by atoms with Crippen LogP contribution >= 0.6 is 11.8 Å². The van der Waals surface area contributed by atoms with Crippen molar-refractivity contribution in [3.05, 3.63) is 0 Å². The van der Waals surface area contributed by atoms with Crippen LogP contribution in [-0.2, 0) is 4.79 Å². The fourth-order valence-corrected chi connectivity index (χ4v) is 1.81. The van der Waals surface area contributed by atoms with Crippen molar-refractivity contribution in [2.45, 2.75) is 34.6 Å². The third-order valence-electron chi connectivity index (χ3n) is 1.52. The second kappa shape index (κ2) is 4.90. The van der Waals surface area contributed by atoms with E-state index in [1.165, 1.54) is 0 Å². The Kier molecular flexibility index (Phi) is 4.91. The summed E-state index contributed by atoms with van der Waals surface area (Å²) in [6, 6.07) is 0. The van der Waals surface area contributed by atoms with Gasteiger partial charge in [0, 0.05) is 5.41 Å². The predicted octanol–water partition coefficient (Wildman–Crippen LogP) is 2.99. The topological polar surface area (TPSA) is 17.1 Å². The molecule has 0 unspecified atom stereocenters. The molecule has 72 valence electrons. The van der Waals surface area contributed by atoms with Crippen molar-refractivity contribution in [3.8, 4) is 0 Å². The molecule has 0 atom stereocenters. The number of carbonyl (C=O) groups is 1. The van der Waals surface area contributed by atoms with E-state index in [4.69, 9.17) is 0 Å². The summed E-state index contributed by atoms with van der Waals surface area (Å²) in [5, 5.41) is 0. The van der Waals surface area contributed by atoms with Gasteiger partial charge in [0.25, 0.3) is 0 Å². The standard InChI is InChI=1S/C10H20OS/c1-8(2)6-12-7-9(11)10(3,4)5/h8H,6-7H2,1-5H3. The predicted molar refractivity (Wildman–Crippen MR) is 56.6 cm³/mol. The first-order valence-corrected chi connectivity index (χ1v) is 5.60. The zero-order chi connectivity index (χ0) is 9.78. The Morgan fingerprint density at radius 3 is 2.17 bits per heavy atom. The minimum absolute atomic E-state index is 0.163. The van der Waals surface area contributed by atoms with Gasteiger partial charge in [-0.1, -0.05) is 34.6 Å². The molecule has 0 aliphatic carbocycles. The number of carbonyl (C=O) groups excluding carboxylic acids is 1. The first-order valence-electron chi connectivity index (χ1n) is 4.45. The second-order valence-electron chi connectivity index (χ2n) is 4.58. The van der Waals surface area contributed by atoms with Gasteiger partial charge in [0.1, 0.15) is 5.78 Å². The molecule has 0 aliphatic heterocycles. The van der Waals surface area contributed by atoms with Crippen LogP contribution in [0.5, 0.6) is 0 Å². The molecule has 1 nitrogen and oxygen atoms in total. The number of hydrogen-bond acceptors (Lipinski definition) is 2. The van der Waals surface area contributed by atoms with Gasteiger partial charge in [0.15, 0.2) is 0 Å². The minimum atomic E-state index is -0.163.